The molecule has 5 aromatic rings. The van der Waals surface area contributed by atoms with Crippen molar-refractivity contribution in [2.45, 2.75) is 6.04 Å². The highest BCUT2D eigenvalue weighted by Gasteiger charge is 2.48. The van der Waals surface area contributed by atoms with Crippen LogP contribution in [0.15, 0.2) is 77.8 Å². The van der Waals surface area contributed by atoms with E-state index in [0.717, 1.165) is 21.3 Å². The molecule has 0 spiro atoms. The minimum Gasteiger partial charge on any atom is -0.507 e. The zero-order chi connectivity index (χ0) is 21.8. The van der Waals surface area contributed by atoms with Gasteiger partial charge in [0.15, 0.2) is 0 Å². The molecular formula is C24H16N4O3S. The Balaban J connectivity index is 1.58. The Morgan fingerprint density at radius 2 is 1.78 bits per heavy atom. The second-order valence-electron chi connectivity index (χ2n) is 7.51. The zero-order valence-corrected chi connectivity index (χ0v) is 17.4. The third-order valence-electron chi connectivity index (χ3n) is 5.71. The van der Waals surface area contributed by atoms with Crippen LogP contribution >= 0.6 is 11.3 Å². The van der Waals surface area contributed by atoms with Crippen LogP contribution in [0.4, 0.5) is 5.95 Å². The lowest BCUT2D eigenvalue weighted by atomic mass is 9.99. The van der Waals surface area contributed by atoms with Gasteiger partial charge in [0.25, 0.3) is 5.78 Å². The molecule has 3 aromatic heterocycles. The van der Waals surface area contributed by atoms with E-state index >= 15 is 0 Å². The highest BCUT2D eigenvalue weighted by molar-refractivity contribution is 7.10. The van der Waals surface area contributed by atoms with Crippen LogP contribution in [-0.4, -0.2) is 31.7 Å². The number of nitrogens with one attached hydrogen (secondary N) is 2. The monoisotopic (exact) mass is 440 g/mol. The summed E-state index contributed by atoms with van der Waals surface area (Å²) in [4.78, 5) is 39.3. The van der Waals surface area contributed by atoms with Crippen molar-refractivity contribution in [1.82, 2.24) is 15.0 Å². The Bertz CT molecular complexity index is 1510. The fourth-order valence-electron chi connectivity index (χ4n) is 4.23. The van der Waals surface area contributed by atoms with Crippen LogP contribution in [0.3, 0.4) is 0 Å². The predicted molar refractivity (Wildman–Crippen MR) is 123 cm³/mol. The quantitative estimate of drug-likeness (QED) is 0.214. The molecule has 6 rings (SSSR count). The highest BCUT2D eigenvalue weighted by Crippen LogP contribution is 2.43. The van der Waals surface area contributed by atoms with Gasteiger partial charge in [-0.2, -0.15) is 0 Å². The summed E-state index contributed by atoms with van der Waals surface area (Å²) in [6.07, 6.45) is 1.65. The first-order valence-corrected chi connectivity index (χ1v) is 10.9. The molecule has 0 radical (unpaired) electrons. The van der Waals surface area contributed by atoms with Gasteiger partial charge in [0.05, 0.1) is 16.6 Å². The molecule has 1 aliphatic heterocycles. The largest absolute Gasteiger partial charge is 0.507 e. The number of benzene rings is 2. The second kappa shape index (κ2) is 6.93. The van der Waals surface area contributed by atoms with Crippen molar-refractivity contribution in [2.24, 2.45) is 0 Å². The van der Waals surface area contributed by atoms with E-state index in [1.54, 1.807) is 6.20 Å². The van der Waals surface area contributed by atoms with Crippen LogP contribution in [0.2, 0.25) is 0 Å². The molecule has 2 aromatic carbocycles. The number of carbonyl (C=O) groups excluding carboxylic acids is 2. The fourth-order valence-corrected chi connectivity index (χ4v) is 5.06. The SMILES string of the molecule is O=C1C(=O)N(c2nc3ccccc3[nH]2)C(c2cccs2)/C1=C(\O)c1c[nH]c2ccccc12. The van der Waals surface area contributed by atoms with Crippen molar-refractivity contribution in [3.8, 4) is 0 Å². The number of Topliss-reactive ketones (excluding diaryl/α,β-unsaturated/α-hetero) is 1. The molecule has 1 amide bonds. The number of nitrogens with zero attached hydrogens (tertiary/aromatic N) is 2. The number of amides is 1. The summed E-state index contributed by atoms with van der Waals surface area (Å²) in [7, 11) is 0. The number of carbonyl (C=O) groups is 2. The molecule has 7 nitrogen and oxygen atoms in total. The van der Waals surface area contributed by atoms with E-state index in [4.69, 9.17) is 0 Å². The lowest BCUT2D eigenvalue weighted by Crippen LogP contribution is -2.30. The number of aliphatic hydroxyl groups is 1. The van der Waals surface area contributed by atoms with E-state index in [-0.39, 0.29) is 17.3 Å². The Hall–Kier alpha value is -4.17. The summed E-state index contributed by atoms with van der Waals surface area (Å²) in [6.45, 7) is 0. The topological polar surface area (TPSA) is 102 Å². The minimum atomic E-state index is -0.788. The number of aliphatic hydroxyl groups excluding tert-OH is 1. The number of aromatic nitrogens is 3. The summed E-state index contributed by atoms with van der Waals surface area (Å²) in [6, 6.07) is 17.8. The summed E-state index contributed by atoms with van der Waals surface area (Å²) in [5, 5.41) is 13.9. The summed E-state index contributed by atoms with van der Waals surface area (Å²) < 4.78 is 0. The summed E-state index contributed by atoms with van der Waals surface area (Å²) >= 11 is 1.41. The van der Waals surface area contributed by atoms with Crippen LogP contribution in [0.25, 0.3) is 27.7 Å². The standard InChI is InChI=1S/C24H16N4O3S/c29-21(14-12-25-15-7-2-1-6-13(14)15)19-20(18-10-5-11-32-18)28(23(31)22(19)30)24-26-16-8-3-4-9-17(16)27-24/h1-12,20,25,29H,(H,26,27)/b21-19+. The molecule has 32 heavy (non-hydrogen) atoms. The molecule has 1 atom stereocenters. The number of thiophene rings is 1. The molecule has 0 saturated carbocycles. The van der Waals surface area contributed by atoms with Crippen molar-refractivity contribution < 1.29 is 14.7 Å². The van der Waals surface area contributed by atoms with E-state index < -0.39 is 17.7 Å². The van der Waals surface area contributed by atoms with E-state index in [0.29, 0.717) is 11.1 Å². The number of para-hydroxylation sites is 3. The van der Waals surface area contributed by atoms with Crippen molar-refractivity contribution in [3.63, 3.8) is 0 Å². The van der Waals surface area contributed by atoms with Crippen LogP contribution in [0, 0.1) is 0 Å². The van der Waals surface area contributed by atoms with E-state index in [1.807, 2.05) is 66.0 Å². The number of aromatic amines is 2. The van der Waals surface area contributed by atoms with Gasteiger partial charge in [0.2, 0.25) is 5.95 Å². The van der Waals surface area contributed by atoms with Gasteiger partial charge in [-0.25, -0.2) is 4.98 Å². The third-order valence-corrected chi connectivity index (χ3v) is 6.63. The first-order chi connectivity index (χ1) is 15.6. The molecular weight excluding hydrogens is 424 g/mol. The smallest absolute Gasteiger partial charge is 0.302 e. The molecule has 8 heteroatoms. The lowest BCUT2D eigenvalue weighted by molar-refractivity contribution is -0.132. The van der Waals surface area contributed by atoms with Crippen molar-refractivity contribution in [2.75, 3.05) is 4.90 Å². The fraction of sp³-hybridized carbons (Fsp3) is 0.0417. The minimum absolute atomic E-state index is 0.0441. The Labute approximate surface area is 185 Å². The Morgan fingerprint density at radius 1 is 1.00 bits per heavy atom. The maximum absolute atomic E-state index is 13.2. The summed E-state index contributed by atoms with van der Waals surface area (Å²) in [5.41, 5.74) is 2.79. The number of fused-ring (bicyclic) bond motifs is 2. The van der Waals surface area contributed by atoms with Crippen LogP contribution in [-0.2, 0) is 9.59 Å². The van der Waals surface area contributed by atoms with Gasteiger partial charge in [-0.15, -0.1) is 11.3 Å². The lowest BCUT2D eigenvalue weighted by Gasteiger charge is -2.21. The molecule has 4 heterocycles. The molecule has 3 N–H and O–H groups in total. The summed E-state index contributed by atoms with van der Waals surface area (Å²) in [5.74, 6) is -1.42. The maximum Gasteiger partial charge on any atom is 0.302 e. The van der Waals surface area contributed by atoms with Gasteiger partial charge >= 0.3 is 5.91 Å². The highest BCUT2D eigenvalue weighted by atomic mass is 32.1. The molecule has 0 aliphatic carbocycles. The third kappa shape index (κ3) is 2.63. The molecule has 1 fully saturated rings. The van der Waals surface area contributed by atoms with Crippen LogP contribution in [0.1, 0.15) is 16.5 Å². The van der Waals surface area contributed by atoms with Gasteiger partial charge < -0.3 is 15.1 Å². The Kier molecular flexibility index (Phi) is 4.02. The van der Waals surface area contributed by atoms with Crippen LogP contribution in [0.5, 0.6) is 0 Å². The van der Waals surface area contributed by atoms with Crippen molar-refractivity contribution >= 4 is 56.7 Å². The molecule has 1 aliphatic rings. The predicted octanol–water partition coefficient (Wildman–Crippen LogP) is 4.73. The molecule has 1 unspecified atom stereocenters. The van der Waals surface area contributed by atoms with Gasteiger partial charge in [0, 0.05) is 27.5 Å². The van der Waals surface area contributed by atoms with E-state index in [9.17, 15) is 14.7 Å². The molecule has 0 bridgehead atoms. The number of hydrogen-bond donors (Lipinski definition) is 3. The number of imidazole rings is 1. The average Bonchev–Trinajstić information content (AvgIpc) is 3.59. The van der Waals surface area contributed by atoms with Gasteiger partial charge in [-0.05, 0) is 29.6 Å². The van der Waals surface area contributed by atoms with Crippen molar-refractivity contribution in [1.29, 1.82) is 0 Å². The van der Waals surface area contributed by atoms with Crippen molar-refractivity contribution in [3.05, 3.63) is 88.3 Å². The number of anilines is 1. The second-order valence-corrected chi connectivity index (χ2v) is 8.49. The molecule has 1 saturated heterocycles. The first kappa shape index (κ1) is 18.6. The number of rotatable bonds is 3. The van der Waals surface area contributed by atoms with E-state index in [2.05, 4.69) is 15.0 Å². The Morgan fingerprint density at radius 3 is 2.56 bits per heavy atom. The average molecular weight is 440 g/mol. The van der Waals surface area contributed by atoms with Gasteiger partial charge in [0.1, 0.15) is 11.8 Å². The number of hydrogen-bond acceptors (Lipinski definition) is 5. The van der Waals surface area contributed by atoms with Gasteiger partial charge in [-0.1, -0.05) is 36.4 Å². The zero-order valence-electron chi connectivity index (χ0n) is 16.6. The van der Waals surface area contributed by atoms with Gasteiger partial charge in [-0.3, -0.25) is 14.5 Å². The number of H-pyrrole nitrogens is 2. The van der Waals surface area contributed by atoms with Crippen LogP contribution < -0.4 is 4.90 Å². The number of ketones is 1. The normalized spacial score (nSPS) is 18.2. The van der Waals surface area contributed by atoms with E-state index in [1.165, 1.54) is 16.2 Å². The molecule has 156 valence electrons. The first-order valence-electron chi connectivity index (χ1n) is 9.99. The maximum atomic E-state index is 13.2.